The minimum absolute atomic E-state index is 0.134. The van der Waals surface area contributed by atoms with Crippen LogP contribution in [0.1, 0.15) is 194 Å². The molecule has 1 N–H and O–H groups in total. The summed E-state index contributed by atoms with van der Waals surface area (Å²) in [6.45, 7) is 4.23. The zero-order chi connectivity index (χ0) is 35.5. The molecule has 0 aromatic heterocycles. The lowest BCUT2D eigenvalue weighted by Crippen LogP contribution is -2.25. The standard InChI is InChI=1S/C43H76O6/c1-3-5-7-9-11-12-13-14-15-16-17-18-19-20-23-27-31-35-42(45)47-37-39(44)38-48-43(46)36-32-28-24-21-22-26-30-34-41-40(49-41)33-29-25-10-8-6-4-2/h21,24-26,29-30,39-41,44H,3-20,22-23,27-28,31-38H2,1-2H3/b24-21-,29-25-,30-26-/t39-,40?,41?/m0/s1. The van der Waals surface area contributed by atoms with Crippen molar-refractivity contribution in [1.29, 1.82) is 0 Å². The number of rotatable bonds is 36. The molecule has 0 radical (unpaired) electrons. The van der Waals surface area contributed by atoms with Crippen LogP contribution < -0.4 is 0 Å². The van der Waals surface area contributed by atoms with Crippen LogP contribution in [0.3, 0.4) is 0 Å². The van der Waals surface area contributed by atoms with Crippen molar-refractivity contribution >= 4 is 11.9 Å². The third kappa shape index (κ3) is 31.8. The summed E-state index contributed by atoms with van der Waals surface area (Å²) in [7, 11) is 0. The molecule has 0 aromatic rings. The third-order valence-corrected chi connectivity index (χ3v) is 9.28. The summed E-state index contributed by atoms with van der Waals surface area (Å²) >= 11 is 0. The van der Waals surface area contributed by atoms with Crippen molar-refractivity contribution in [3.63, 3.8) is 0 Å². The number of hydrogen-bond donors (Lipinski definition) is 1. The highest BCUT2D eigenvalue weighted by Gasteiger charge is 2.35. The molecule has 1 aliphatic rings. The van der Waals surface area contributed by atoms with E-state index in [0.717, 1.165) is 44.9 Å². The van der Waals surface area contributed by atoms with E-state index in [4.69, 9.17) is 14.2 Å². The number of esters is 2. The fourth-order valence-electron chi connectivity index (χ4n) is 6.00. The minimum Gasteiger partial charge on any atom is -0.463 e. The van der Waals surface area contributed by atoms with Gasteiger partial charge in [0, 0.05) is 12.8 Å². The summed E-state index contributed by atoms with van der Waals surface area (Å²) in [6.07, 6.45) is 45.2. The zero-order valence-electron chi connectivity index (χ0n) is 31.9. The Balaban J connectivity index is 1.84. The molecule has 2 unspecified atom stereocenters. The maximum absolute atomic E-state index is 12.0. The number of carbonyl (C=O) groups is 2. The van der Waals surface area contributed by atoms with Crippen LogP contribution in [0.15, 0.2) is 36.5 Å². The van der Waals surface area contributed by atoms with Gasteiger partial charge in [0.15, 0.2) is 0 Å². The summed E-state index contributed by atoms with van der Waals surface area (Å²) < 4.78 is 16.0. The Morgan fingerprint density at radius 2 is 0.918 bits per heavy atom. The Morgan fingerprint density at radius 3 is 1.45 bits per heavy atom. The van der Waals surface area contributed by atoms with Crippen LogP contribution in [-0.2, 0) is 23.8 Å². The Hall–Kier alpha value is -1.92. The molecule has 49 heavy (non-hydrogen) atoms. The molecule has 0 amide bonds. The van der Waals surface area contributed by atoms with Gasteiger partial charge in [0.25, 0.3) is 0 Å². The fourth-order valence-corrected chi connectivity index (χ4v) is 6.00. The molecule has 6 nitrogen and oxygen atoms in total. The smallest absolute Gasteiger partial charge is 0.305 e. The second kappa shape index (κ2) is 34.5. The van der Waals surface area contributed by atoms with E-state index in [1.807, 2.05) is 0 Å². The van der Waals surface area contributed by atoms with Gasteiger partial charge in [-0.1, -0.05) is 166 Å². The normalized spacial score (nSPS) is 16.6. The molecule has 3 atom stereocenters. The molecule has 284 valence electrons. The van der Waals surface area contributed by atoms with Gasteiger partial charge in [-0.05, 0) is 51.4 Å². The van der Waals surface area contributed by atoms with Gasteiger partial charge in [0.05, 0.1) is 12.2 Å². The molecule has 0 aromatic carbocycles. The highest BCUT2D eigenvalue weighted by Crippen LogP contribution is 2.29. The van der Waals surface area contributed by atoms with Crippen molar-refractivity contribution in [3.8, 4) is 0 Å². The van der Waals surface area contributed by atoms with E-state index in [-0.39, 0.29) is 25.2 Å². The molecule has 1 fully saturated rings. The van der Waals surface area contributed by atoms with E-state index in [2.05, 4.69) is 50.3 Å². The number of ether oxygens (including phenoxy) is 3. The van der Waals surface area contributed by atoms with Crippen LogP contribution in [0.25, 0.3) is 0 Å². The number of carbonyl (C=O) groups excluding carboxylic acids is 2. The number of allylic oxidation sites excluding steroid dienone is 4. The van der Waals surface area contributed by atoms with E-state index < -0.39 is 6.10 Å². The van der Waals surface area contributed by atoms with E-state index in [0.29, 0.717) is 31.5 Å². The lowest BCUT2D eigenvalue weighted by molar-refractivity contribution is -0.152. The summed E-state index contributed by atoms with van der Waals surface area (Å²) in [5, 5.41) is 10.0. The van der Waals surface area contributed by atoms with Crippen molar-refractivity contribution in [2.45, 2.75) is 212 Å². The van der Waals surface area contributed by atoms with Crippen LogP contribution in [0.2, 0.25) is 0 Å². The molecule has 0 saturated carbocycles. The molecule has 6 heteroatoms. The summed E-state index contributed by atoms with van der Waals surface area (Å²) in [5.41, 5.74) is 0. The van der Waals surface area contributed by atoms with E-state index in [9.17, 15) is 14.7 Å². The second-order valence-electron chi connectivity index (χ2n) is 14.1. The van der Waals surface area contributed by atoms with Gasteiger partial charge in [-0.3, -0.25) is 9.59 Å². The molecule has 0 bridgehead atoms. The molecule has 1 saturated heterocycles. The summed E-state index contributed by atoms with van der Waals surface area (Å²) in [4.78, 5) is 24.0. The van der Waals surface area contributed by atoms with Gasteiger partial charge < -0.3 is 19.3 Å². The number of aliphatic hydroxyl groups excluding tert-OH is 1. The summed E-state index contributed by atoms with van der Waals surface area (Å²) in [6, 6.07) is 0. The molecular formula is C43H76O6. The van der Waals surface area contributed by atoms with Crippen LogP contribution in [-0.4, -0.2) is 48.6 Å². The second-order valence-corrected chi connectivity index (χ2v) is 14.1. The first-order valence-electron chi connectivity index (χ1n) is 20.7. The van der Waals surface area contributed by atoms with Gasteiger partial charge in [-0.15, -0.1) is 0 Å². The van der Waals surface area contributed by atoms with Crippen molar-refractivity contribution in [2.24, 2.45) is 0 Å². The number of unbranched alkanes of at least 4 members (excludes halogenated alkanes) is 20. The molecule has 1 rings (SSSR count). The van der Waals surface area contributed by atoms with Gasteiger partial charge in [-0.2, -0.15) is 0 Å². The quantitative estimate of drug-likeness (QED) is 0.0305. The summed E-state index contributed by atoms with van der Waals surface area (Å²) in [5.74, 6) is -0.629. The Morgan fingerprint density at radius 1 is 0.531 bits per heavy atom. The number of epoxide rings is 1. The lowest BCUT2D eigenvalue weighted by Gasteiger charge is -2.12. The molecular weight excluding hydrogens is 612 g/mol. The molecule has 0 aliphatic carbocycles. The van der Waals surface area contributed by atoms with Crippen LogP contribution in [0, 0.1) is 0 Å². The predicted octanol–water partition coefficient (Wildman–Crippen LogP) is 11.8. The van der Waals surface area contributed by atoms with Gasteiger partial charge in [0.1, 0.15) is 19.3 Å². The predicted molar refractivity (Wildman–Crippen MR) is 205 cm³/mol. The zero-order valence-corrected chi connectivity index (χ0v) is 31.9. The first kappa shape index (κ1) is 45.1. The average molecular weight is 689 g/mol. The third-order valence-electron chi connectivity index (χ3n) is 9.28. The average Bonchev–Trinajstić information content (AvgIpc) is 3.86. The minimum atomic E-state index is -0.988. The lowest BCUT2D eigenvalue weighted by atomic mass is 10.0. The molecule has 1 heterocycles. The van der Waals surface area contributed by atoms with Crippen LogP contribution in [0.4, 0.5) is 0 Å². The van der Waals surface area contributed by atoms with Crippen molar-refractivity contribution in [3.05, 3.63) is 36.5 Å². The van der Waals surface area contributed by atoms with Crippen molar-refractivity contribution < 1.29 is 28.9 Å². The maximum atomic E-state index is 12.0. The maximum Gasteiger partial charge on any atom is 0.305 e. The monoisotopic (exact) mass is 689 g/mol. The van der Waals surface area contributed by atoms with Crippen molar-refractivity contribution in [1.82, 2.24) is 0 Å². The topological polar surface area (TPSA) is 85.4 Å². The highest BCUT2D eigenvalue weighted by atomic mass is 16.6. The molecule has 0 spiro atoms. The van der Waals surface area contributed by atoms with Gasteiger partial charge >= 0.3 is 11.9 Å². The Kier molecular flexibility index (Phi) is 31.8. The first-order valence-corrected chi connectivity index (χ1v) is 20.7. The highest BCUT2D eigenvalue weighted by molar-refractivity contribution is 5.69. The number of aliphatic hydroxyl groups is 1. The van der Waals surface area contributed by atoms with Gasteiger partial charge in [0.2, 0.25) is 0 Å². The first-order chi connectivity index (χ1) is 24.1. The number of hydrogen-bond acceptors (Lipinski definition) is 6. The Labute approximate surface area is 301 Å². The van der Waals surface area contributed by atoms with Crippen LogP contribution >= 0.6 is 0 Å². The Bertz CT molecular complexity index is 849. The van der Waals surface area contributed by atoms with E-state index >= 15 is 0 Å². The molecule has 1 aliphatic heterocycles. The van der Waals surface area contributed by atoms with E-state index in [1.165, 1.54) is 116 Å². The SMILES string of the molecule is CCCCC/C=C\CC1OC1C/C=C\C/C=C\CCCC(=O)OC[C@@H](O)COC(=O)CCCCCCCCCCCCCCCCCCC. The largest absolute Gasteiger partial charge is 0.463 e. The fraction of sp³-hybridized carbons (Fsp3) is 0.814. The van der Waals surface area contributed by atoms with E-state index in [1.54, 1.807) is 0 Å². The van der Waals surface area contributed by atoms with Crippen molar-refractivity contribution in [2.75, 3.05) is 13.2 Å². The van der Waals surface area contributed by atoms with Crippen LogP contribution in [0.5, 0.6) is 0 Å². The van der Waals surface area contributed by atoms with Gasteiger partial charge in [-0.25, -0.2) is 0 Å².